The summed E-state index contributed by atoms with van der Waals surface area (Å²) >= 11 is 0. The van der Waals surface area contributed by atoms with Gasteiger partial charge in [-0.15, -0.1) is 0 Å². The van der Waals surface area contributed by atoms with Crippen molar-refractivity contribution < 1.29 is 4.57 Å². The van der Waals surface area contributed by atoms with Crippen LogP contribution in [0, 0.1) is 0 Å². The van der Waals surface area contributed by atoms with Crippen LogP contribution in [0.5, 0.6) is 0 Å². The van der Waals surface area contributed by atoms with E-state index in [9.17, 15) is 0 Å². The third kappa shape index (κ3) is 6.79. The smallest absolute Gasteiger partial charge is 0.269 e. The van der Waals surface area contributed by atoms with Gasteiger partial charge in [-0.1, -0.05) is 109 Å². The summed E-state index contributed by atoms with van der Waals surface area (Å²) in [5.74, 6) is 0.733. The van der Waals surface area contributed by atoms with E-state index in [1.54, 1.807) is 24.5 Å². The van der Waals surface area contributed by atoms with Crippen molar-refractivity contribution in [1.82, 2.24) is 19.9 Å². The van der Waals surface area contributed by atoms with Gasteiger partial charge in [0.15, 0.2) is 0 Å². The van der Waals surface area contributed by atoms with Crippen LogP contribution in [0.15, 0.2) is 207 Å². The Morgan fingerprint density at radius 2 is 0.604 bits per heavy atom. The van der Waals surface area contributed by atoms with Crippen LogP contribution in [0.4, 0.5) is 46.0 Å². The first-order valence-electron chi connectivity index (χ1n) is 17.2. The second kappa shape index (κ2) is 15.2. The van der Waals surface area contributed by atoms with Gasteiger partial charge < -0.3 is 0 Å². The third-order valence-electron chi connectivity index (χ3n) is 8.62. The molecule has 0 fully saturated rings. The minimum atomic E-state index is -4.00. The van der Waals surface area contributed by atoms with Crippen molar-refractivity contribution in [3.8, 4) is 0 Å². The van der Waals surface area contributed by atoms with Gasteiger partial charge in [0.25, 0.3) is 7.29 Å². The molecule has 0 unspecified atom stereocenters. The minimum absolute atomic E-state index is 0.308. The molecule has 0 aliphatic carbocycles. The van der Waals surface area contributed by atoms with Gasteiger partial charge in [0.05, 0.1) is 0 Å². The number of hydrogen-bond donors (Lipinski definition) is 0. The molecule has 8 rings (SSSR count). The van der Waals surface area contributed by atoms with Crippen molar-refractivity contribution in [3.05, 3.63) is 207 Å². The molecule has 0 aliphatic heterocycles. The Morgan fingerprint density at radius 1 is 0.340 bits per heavy atom. The molecule has 8 nitrogen and oxygen atoms in total. The first kappa shape index (κ1) is 33.3. The third-order valence-corrected chi connectivity index (χ3v) is 11.4. The highest BCUT2D eigenvalue weighted by Gasteiger charge is 2.40. The van der Waals surface area contributed by atoms with Crippen molar-refractivity contribution in [1.29, 1.82) is 0 Å². The minimum Gasteiger partial charge on any atom is -0.286 e. The number of aromatic nitrogens is 4. The van der Waals surface area contributed by atoms with Crippen LogP contribution in [0.25, 0.3) is 0 Å². The monoisotopic (exact) mass is 707 g/mol. The average molecular weight is 708 g/mol. The van der Waals surface area contributed by atoms with E-state index in [-0.39, 0.29) is 0 Å². The van der Waals surface area contributed by atoms with Gasteiger partial charge in [-0.25, -0.2) is 19.9 Å². The molecule has 2 heterocycles. The molecule has 0 atom stereocenters. The van der Waals surface area contributed by atoms with Crippen molar-refractivity contribution in [2.75, 3.05) is 14.5 Å². The highest BCUT2D eigenvalue weighted by atomic mass is 31.2. The van der Waals surface area contributed by atoms with Gasteiger partial charge in [0.1, 0.15) is 10.9 Å². The van der Waals surface area contributed by atoms with Crippen LogP contribution >= 0.6 is 7.29 Å². The van der Waals surface area contributed by atoms with E-state index in [2.05, 4.69) is 0 Å². The van der Waals surface area contributed by atoms with Crippen molar-refractivity contribution in [2.45, 2.75) is 0 Å². The highest BCUT2D eigenvalue weighted by Crippen LogP contribution is 2.54. The Morgan fingerprint density at radius 3 is 0.887 bits per heavy atom. The van der Waals surface area contributed by atoms with E-state index in [0.29, 0.717) is 34.1 Å². The van der Waals surface area contributed by atoms with E-state index < -0.39 is 7.29 Å². The molecule has 53 heavy (non-hydrogen) atoms. The molecule has 2 aromatic heterocycles. The van der Waals surface area contributed by atoms with Crippen molar-refractivity contribution in [2.24, 2.45) is 0 Å². The van der Waals surface area contributed by atoms with E-state index >= 15 is 4.57 Å². The molecule has 9 heteroatoms. The average Bonchev–Trinajstić information content (AvgIpc) is 3.24. The van der Waals surface area contributed by atoms with Gasteiger partial charge in [-0.3, -0.25) is 19.0 Å². The fourth-order valence-electron chi connectivity index (χ4n) is 6.23. The molecule has 0 N–H and O–H groups in total. The van der Waals surface area contributed by atoms with Gasteiger partial charge in [-0.2, -0.15) is 0 Å². The number of rotatable bonds is 11. The predicted molar refractivity (Wildman–Crippen MR) is 215 cm³/mol. The summed E-state index contributed by atoms with van der Waals surface area (Å²) < 4.78 is 18.6. The zero-order valence-electron chi connectivity index (χ0n) is 28.6. The summed E-state index contributed by atoms with van der Waals surface area (Å²) in [6.07, 6.45) is 3.33. The molecule has 0 saturated carbocycles. The van der Waals surface area contributed by atoms with Crippen molar-refractivity contribution in [3.63, 3.8) is 0 Å². The fraction of sp³-hybridized carbons (Fsp3) is 0. The van der Waals surface area contributed by atoms with Crippen LogP contribution in [0.1, 0.15) is 0 Å². The largest absolute Gasteiger partial charge is 0.286 e. The lowest BCUT2D eigenvalue weighted by Crippen LogP contribution is -2.34. The number of hydrogen-bond acceptors (Lipinski definition) is 7. The first-order valence-corrected chi connectivity index (χ1v) is 18.8. The Balaban J connectivity index is 1.38. The molecule has 256 valence electrons. The SMILES string of the molecule is O=P(c1ccnc(N(c2ccccc2)c2ccccc2)n1)(c1ccnc(N(c2ccccc2)c2ccccc2)n1)N(c1ccccc1)c1ccccc1. The summed E-state index contributed by atoms with van der Waals surface area (Å²) in [5.41, 5.74) is 5.49. The van der Waals surface area contributed by atoms with Gasteiger partial charge >= 0.3 is 0 Å². The lowest BCUT2D eigenvalue weighted by Gasteiger charge is -2.34. The van der Waals surface area contributed by atoms with Crippen LogP contribution in [0.2, 0.25) is 0 Å². The summed E-state index contributed by atoms with van der Waals surface area (Å²) in [7, 11) is -4.00. The molecule has 0 spiro atoms. The Kier molecular flexibility index (Phi) is 9.51. The van der Waals surface area contributed by atoms with Gasteiger partial charge in [0.2, 0.25) is 11.9 Å². The Bertz CT molecular complexity index is 2190. The molecule has 0 radical (unpaired) electrons. The topological polar surface area (TPSA) is 78.4 Å². The van der Waals surface area contributed by atoms with E-state index in [1.807, 2.05) is 196 Å². The molecule has 8 aromatic rings. The molecular weight excluding hydrogens is 674 g/mol. The second-order valence-corrected chi connectivity index (χ2v) is 14.5. The Labute approximate surface area is 308 Å². The zero-order valence-corrected chi connectivity index (χ0v) is 29.5. The molecule has 0 amide bonds. The normalized spacial score (nSPS) is 11.1. The van der Waals surface area contributed by atoms with E-state index in [1.165, 1.54) is 0 Å². The number of nitrogens with zero attached hydrogens (tertiary/aromatic N) is 7. The first-order chi connectivity index (χ1) is 26.2. The van der Waals surface area contributed by atoms with Crippen LogP contribution < -0.4 is 25.3 Å². The number of benzene rings is 6. The lowest BCUT2D eigenvalue weighted by molar-refractivity contribution is 0.585. The second-order valence-electron chi connectivity index (χ2n) is 12.0. The maximum atomic E-state index is 16.7. The molecule has 6 aromatic carbocycles. The standard InChI is InChI=1S/C44H34N7OP/c52-53(51(39-27-15-5-16-28-39)40-29-17-6-18-30-40,41-31-33-45-43(47-41)49(35-19-7-1-8-20-35)36-21-9-2-10-22-36)42-32-34-46-44(48-42)50(37-23-11-3-12-24-37)38-25-13-4-14-26-38/h1-34H. The lowest BCUT2D eigenvalue weighted by atomic mass is 10.2. The van der Waals surface area contributed by atoms with Gasteiger partial charge in [-0.05, 0) is 84.9 Å². The summed E-state index contributed by atoms with van der Waals surface area (Å²) in [6, 6.07) is 62.5. The van der Waals surface area contributed by atoms with E-state index in [4.69, 9.17) is 19.9 Å². The van der Waals surface area contributed by atoms with Crippen molar-refractivity contribution >= 4 is 64.2 Å². The van der Waals surface area contributed by atoms with Crippen LogP contribution in [0.3, 0.4) is 0 Å². The maximum absolute atomic E-state index is 16.7. The maximum Gasteiger partial charge on any atom is 0.269 e. The van der Waals surface area contributed by atoms with Crippen LogP contribution in [-0.2, 0) is 4.57 Å². The van der Waals surface area contributed by atoms with Gasteiger partial charge in [0, 0.05) is 46.5 Å². The van der Waals surface area contributed by atoms with E-state index in [0.717, 1.165) is 22.7 Å². The molecule has 0 saturated heterocycles. The zero-order chi connectivity index (χ0) is 35.9. The quantitative estimate of drug-likeness (QED) is 0.123. The fourth-order valence-corrected chi connectivity index (χ4v) is 8.78. The highest BCUT2D eigenvalue weighted by molar-refractivity contribution is 7.80. The summed E-state index contributed by atoms with van der Waals surface area (Å²) in [6.45, 7) is 0. The van der Waals surface area contributed by atoms with Crippen LogP contribution in [-0.4, -0.2) is 19.9 Å². The summed E-state index contributed by atoms with van der Waals surface area (Å²) in [5, 5.41) is 0. The summed E-state index contributed by atoms with van der Waals surface area (Å²) in [4.78, 5) is 23.8. The molecular formula is C44H34N7OP. The molecule has 0 aliphatic rings. The Hall–Kier alpha value is -6.89. The predicted octanol–water partition coefficient (Wildman–Crippen LogP) is 10.3. The number of para-hydroxylation sites is 6. The number of anilines is 8. The molecule has 0 bridgehead atoms.